The van der Waals surface area contributed by atoms with Crippen LogP contribution < -0.4 is 5.32 Å². The van der Waals surface area contributed by atoms with Crippen molar-refractivity contribution in [1.82, 2.24) is 10.2 Å². The molecule has 1 aliphatic rings. The van der Waals surface area contributed by atoms with Gasteiger partial charge >= 0.3 is 0 Å². The molecule has 1 unspecified atom stereocenters. The highest BCUT2D eigenvalue weighted by Gasteiger charge is 2.39. The molecular formula is C21H23FN2O2. The van der Waals surface area contributed by atoms with Crippen LogP contribution in [-0.2, 0) is 11.3 Å². The molecule has 1 saturated heterocycles. The monoisotopic (exact) mass is 354 g/mol. The molecule has 4 nitrogen and oxygen atoms in total. The Kier molecular flexibility index (Phi) is 5.35. The van der Waals surface area contributed by atoms with Gasteiger partial charge in [0.1, 0.15) is 5.82 Å². The van der Waals surface area contributed by atoms with E-state index in [9.17, 15) is 14.0 Å². The van der Waals surface area contributed by atoms with Crippen molar-refractivity contribution in [3.8, 4) is 0 Å². The Hall–Kier alpha value is -2.69. The van der Waals surface area contributed by atoms with Crippen molar-refractivity contribution in [2.75, 3.05) is 13.1 Å². The van der Waals surface area contributed by atoms with Crippen LogP contribution in [0.1, 0.15) is 35.7 Å². The van der Waals surface area contributed by atoms with Gasteiger partial charge < -0.3 is 10.2 Å². The maximum absolute atomic E-state index is 13.9. The van der Waals surface area contributed by atoms with Crippen molar-refractivity contribution in [3.05, 3.63) is 71.5 Å². The Bertz CT molecular complexity index is 794. The maximum Gasteiger partial charge on any atom is 0.256 e. The average Bonchev–Trinajstić information content (AvgIpc) is 2.67. The van der Waals surface area contributed by atoms with Crippen molar-refractivity contribution < 1.29 is 14.0 Å². The summed E-state index contributed by atoms with van der Waals surface area (Å²) >= 11 is 0. The summed E-state index contributed by atoms with van der Waals surface area (Å²) in [5.41, 5.74) is 0.412. The third-order valence-electron chi connectivity index (χ3n) is 4.93. The number of likely N-dealkylation sites (tertiary alicyclic amines) is 1. The van der Waals surface area contributed by atoms with E-state index in [0.717, 1.165) is 12.0 Å². The van der Waals surface area contributed by atoms with Crippen LogP contribution >= 0.6 is 0 Å². The smallest absolute Gasteiger partial charge is 0.256 e. The molecule has 0 bridgehead atoms. The standard InChI is InChI=1S/C21H23FN2O2/c1-21(20(26)23-14-16-8-3-2-4-9-16)12-7-13-24(15-21)19(25)17-10-5-6-11-18(17)22/h2-6,8-11H,7,12-15H2,1H3,(H,23,26). The van der Waals surface area contributed by atoms with Crippen molar-refractivity contribution in [1.29, 1.82) is 0 Å². The molecule has 3 rings (SSSR count). The van der Waals surface area contributed by atoms with Crippen molar-refractivity contribution >= 4 is 11.8 Å². The SMILES string of the molecule is CC1(C(=O)NCc2ccccc2)CCCN(C(=O)c2ccccc2F)C1. The first-order chi connectivity index (χ1) is 12.5. The summed E-state index contributed by atoms with van der Waals surface area (Å²) in [7, 11) is 0. The zero-order valence-corrected chi connectivity index (χ0v) is 14.9. The van der Waals surface area contributed by atoms with Gasteiger partial charge in [-0.15, -0.1) is 0 Å². The molecule has 1 fully saturated rings. The van der Waals surface area contributed by atoms with E-state index in [1.54, 1.807) is 17.0 Å². The minimum atomic E-state index is -0.673. The summed E-state index contributed by atoms with van der Waals surface area (Å²) in [5.74, 6) is -0.962. The lowest BCUT2D eigenvalue weighted by Crippen LogP contribution is -2.51. The van der Waals surface area contributed by atoms with Crippen LogP contribution in [-0.4, -0.2) is 29.8 Å². The molecule has 5 heteroatoms. The number of nitrogens with one attached hydrogen (secondary N) is 1. The van der Waals surface area contributed by atoms with E-state index >= 15 is 0 Å². The van der Waals surface area contributed by atoms with Gasteiger partial charge in [-0.2, -0.15) is 0 Å². The number of carbonyl (C=O) groups is 2. The van der Waals surface area contributed by atoms with Crippen LogP contribution in [0.15, 0.2) is 54.6 Å². The lowest BCUT2D eigenvalue weighted by Gasteiger charge is -2.39. The fourth-order valence-electron chi connectivity index (χ4n) is 3.39. The predicted molar refractivity (Wildman–Crippen MR) is 97.9 cm³/mol. The van der Waals surface area contributed by atoms with Crippen molar-refractivity contribution in [3.63, 3.8) is 0 Å². The first kappa shape index (κ1) is 18.1. The van der Waals surface area contributed by atoms with E-state index in [1.807, 2.05) is 37.3 Å². The highest BCUT2D eigenvalue weighted by molar-refractivity contribution is 5.95. The van der Waals surface area contributed by atoms with Crippen LogP contribution in [0.4, 0.5) is 4.39 Å². The van der Waals surface area contributed by atoms with Crippen LogP contribution in [0.5, 0.6) is 0 Å². The lowest BCUT2D eigenvalue weighted by molar-refractivity contribution is -0.132. The largest absolute Gasteiger partial charge is 0.351 e. The molecular weight excluding hydrogens is 331 g/mol. The Morgan fingerprint density at radius 1 is 1.12 bits per heavy atom. The summed E-state index contributed by atoms with van der Waals surface area (Å²) in [5, 5.41) is 2.97. The van der Waals surface area contributed by atoms with E-state index in [1.165, 1.54) is 12.1 Å². The molecule has 1 aliphatic heterocycles. The number of carbonyl (C=O) groups excluding carboxylic acids is 2. The van der Waals surface area contributed by atoms with Crippen LogP contribution in [0.25, 0.3) is 0 Å². The van der Waals surface area contributed by atoms with Gasteiger partial charge in [0.2, 0.25) is 5.91 Å². The van der Waals surface area contributed by atoms with E-state index in [2.05, 4.69) is 5.32 Å². The molecule has 0 aliphatic carbocycles. The van der Waals surface area contributed by atoms with Gasteiger partial charge in [0.05, 0.1) is 11.0 Å². The fourth-order valence-corrected chi connectivity index (χ4v) is 3.39. The number of nitrogens with zero attached hydrogens (tertiary/aromatic N) is 1. The van der Waals surface area contributed by atoms with E-state index < -0.39 is 11.2 Å². The second-order valence-corrected chi connectivity index (χ2v) is 7.04. The number of rotatable bonds is 4. The normalized spacial score (nSPS) is 19.8. The van der Waals surface area contributed by atoms with E-state index in [4.69, 9.17) is 0 Å². The van der Waals surface area contributed by atoms with Crippen molar-refractivity contribution in [2.45, 2.75) is 26.3 Å². The zero-order valence-electron chi connectivity index (χ0n) is 14.9. The number of halogens is 1. The highest BCUT2D eigenvalue weighted by Crippen LogP contribution is 2.31. The molecule has 136 valence electrons. The first-order valence-corrected chi connectivity index (χ1v) is 8.86. The molecule has 0 radical (unpaired) electrons. The average molecular weight is 354 g/mol. The summed E-state index contributed by atoms with van der Waals surface area (Å²) in [6.07, 6.45) is 1.42. The zero-order chi connectivity index (χ0) is 18.6. The molecule has 0 aromatic heterocycles. The molecule has 2 amide bonds. The van der Waals surface area contributed by atoms with Crippen molar-refractivity contribution in [2.24, 2.45) is 5.41 Å². The summed E-state index contributed by atoms with van der Waals surface area (Å²) in [6, 6.07) is 15.7. The maximum atomic E-state index is 13.9. The lowest BCUT2D eigenvalue weighted by atomic mass is 9.80. The minimum Gasteiger partial charge on any atom is -0.351 e. The fraction of sp³-hybridized carbons (Fsp3) is 0.333. The molecule has 2 aromatic rings. The van der Waals surface area contributed by atoms with Gasteiger partial charge in [0.25, 0.3) is 5.91 Å². The minimum absolute atomic E-state index is 0.0569. The number of amides is 2. The Morgan fingerprint density at radius 3 is 2.54 bits per heavy atom. The molecule has 0 saturated carbocycles. The van der Waals surface area contributed by atoms with Gasteiger partial charge in [0, 0.05) is 19.6 Å². The van der Waals surface area contributed by atoms with Gasteiger partial charge in [-0.3, -0.25) is 9.59 Å². The number of hydrogen-bond acceptors (Lipinski definition) is 2. The molecule has 1 atom stereocenters. The molecule has 1 heterocycles. The second-order valence-electron chi connectivity index (χ2n) is 7.04. The summed E-state index contributed by atoms with van der Waals surface area (Å²) in [6.45, 7) is 3.15. The Labute approximate surface area is 153 Å². The predicted octanol–water partition coefficient (Wildman–Crippen LogP) is 3.38. The number of hydrogen-bond donors (Lipinski definition) is 1. The molecule has 0 spiro atoms. The summed E-state index contributed by atoms with van der Waals surface area (Å²) < 4.78 is 13.9. The molecule has 26 heavy (non-hydrogen) atoms. The quantitative estimate of drug-likeness (QED) is 0.915. The second kappa shape index (κ2) is 7.68. The summed E-state index contributed by atoms with van der Waals surface area (Å²) in [4.78, 5) is 27.0. The topological polar surface area (TPSA) is 49.4 Å². The highest BCUT2D eigenvalue weighted by atomic mass is 19.1. The van der Waals surface area contributed by atoms with Gasteiger partial charge in [0.15, 0.2) is 0 Å². The molecule has 2 aromatic carbocycles. The molecule has 1 N–H and O–H groups in total. The Balaban J connectivity index is 1.67. The van der Waals surface area contributed by atoms with E-state index in [0.29, 0.717) is 26.1 Å². The van der Waals surface area contributed by atoms with Crippen LogP contribution in [0.3, 0.4) is 0 Å². The van der Waals surface area contributed by atoms with Crippen LogP contribution in [0.2, 0.25) is 0 Å². The first-order valence-electron chi connectivity index (χ1n) is 8.86. The van der Waals surface area contributed by atoms with Gasteiger partial charge in [-0.1, -0.05) is 42.5 Å². The van der Waals surface area contributed by atoms with Crippen LogP contribution in [0, 0.1) is 11.2 Å². The Morgan fingerprint density at radius 2 is 1.81 bits per heavy atom. The van der Waals surface area contributed by atoms with Gasteiger partial charge in [-0.25, -0.2) is 4.39 Å². The van der Waals surface area contributed by atoms with E-state index in [-0.39, 0.29) is 17.4 Å². The number of benzene rings is 2. The number of piperidine rings is 1. The van der Waals surface area contributed by atoms with Gasteiger partial charge in [-0.05, 0) is 37.5 Å². The third kappa shape index (κ3) is 3.93. The third-order valence-corrected chi connectivity index (χ3v) is 4.93.